The fraction of sp³-hybridized carbons (Fsp3) is 0.0667. The zero-order valence-corrected chi connectivity index (χ0v) is 10.5. The summed E-state index contributed by atoms with van der Waals surface area (Å²) in [6.07, 6.45) is 0. The number of rotatable bonds is 4. The molecule has 96 valence electrons. The topological polar surface area (TPSA) is 55.2 Å². The van der Waals surface area contributed by atoms with Crippen LogP contribution in [0.4, 0.5) is 0 Å². The molecule has 0 saturated heterocycles. The Bertz CT molecular complexity index is 592. The van der Waals surface area contributed by atoms with Crippen molar-refractivity contribution in [2.75, 3.05) is 7.05 Å². The summed E-state index contributed by atoms with van der Waals surface area (Å²) in [5, 5.41) is 14.3. The van der Waals surface area contributed by atoms with Crippen LogP contribution in [-0.4, -0.2) is 12.0 Å². The van der Waals surface area contributed by atoms with E-state index in [9.17, 15) is 10.1 Å². The Labute approximate surface area is 111 Å². The van der Waals surface area contributed by atoms with E-state index in [0.717, 1.165) is 5.56 Å². The lowest BCUT2D eigenvalue weighted by Gasteiger charge is -2.09. The number of nitrogens with zero attached hydrogens (tertiary/aromatic N) is 1. The molecule has 2 aromatic rings. The van der Waals surface area contributed by atoms with Crippen LogP contribution in [0, 0.1) is 10.1 Å². The van der Waals surface area contributed by atoms with Gasteiger partial charge in [-0.15, -0.1) is 0 Å². The van der Waals surface area contributed by atoms with Crippen molar-refractivity contribution in [3.8, 4) is 0 Å². The molecule has 0 bridgehead atoms. The molecule has 0 fully saturated rings. The lowest BCUT2D eigenvalue weighted by atomic mass is 10.1. The first kappa shape index (κ1) is 12.8. The summed E-state index contributed by atoms with van der Waals surface area (Å²) in [7, 11) is 1.69. The van der Waals surface area contributed by atoms with Crippen molar-refractivity contribution in [1.29, 1.82) is 0 Å². The molecule has 0 spiro atoms. The van der Waals surface area contributed by atoms with Crippen molar-refractivity contribution in [1.82, 2.24) is 5.32 Å². The first-order valence-corrected chi connectivity index (χ1v) is 5.91. The van der Waals surface area contributed by atoms with Gasteiger partial charge in [-0.3, -0.25) is 10.1 Å². The Morgan fingerprint density at radius 1 is 0.947 bits per heavy atom. The molecule has 0 aromatic heterocycles. The van der Waals surface area contributed by atoms with E-state index in [1.807, 2.05) is 36.4 Å². The van der Waals surface area contributed by atoms with Gasteiger partial charge < -0.3 is 5.32 Å². The van der Waals surface area contributed by atoms with E-state index in [0.29, 0.717) is 11.3 Å². The average molecular weight is 254 g/mol. The van der Waals surface area contributed by atoms with E-state index < -0.39 is 0 Å². The summed E-state index contributed by atoms with van der Waals surface area (Å²) in [5.74, 6) is 0. The van der Waals surface area contributed by atoms with Crippen LogP contribution in [0.2, 0.25) is 0 Å². The highest BCUT2D eigenvalue weighted by Crippen LogP contribution is 2.24. The van der Waals surface area contributed by atoms with Crippen molar-refractivity contribution in [3.63, 3.8) is 0 Å². The fourth-order valence-electron chi connectivity index (χ4n) is 1.94. The highest BCUT2D eigenvalue weighted by atomic mass is 16.6. The van der Waals surface area contributed by atoms with Crippen molar-refractivity contribution in [3.05, 3.63) is 81.9 Å². The lowest BCUT2D eigenvalue weighted by Crippen LogP contribution is -2.12. The third kappa shape index (κ3) is 2.80. The molecule has 0 saturated carbocycles. The highest BCUT2D eigenvalue weighted by Gasteiger charge is 2.21. The summed E-state index contributed by atoms with van der Waals surface area (Å²) in [5.41, 5.74) is 1.97. The maximum absolute atomic E-state index is 11.4. The Morgan fingerprint density at radius 2 is 1.42 bits per heavy atom. The third-order valence-corrected chi connectivity index (χ3v) is 2.78. The van der Waals surface area contributed by atoms with Crippen LogP contribution in [0.5, 0.6) is 0 Å². The smallest absolute Gasteiger partial charge is 0.300 e. The molecule has 2 rings (SSSR count). The summed E-state index contributed by atoms with van der Waals surface area (Å²) < 4.78 is 0. The Balaban J connectivity index is 2.64. The molecule has 2 aromatic carbocycles. The maximum Gasteiger partial charge on any atom is 0.300 e. The van der Waals surface area contributed by atoms with Gasteiger partial charge in [-0.2, -0.15) is 0 Å². The van der Waals surface area contributed by atoms with Crippen LogP contribution in [0.25, 0.3) is 11.4 Å². The van der Waals surface area contributed by atoms with Crippen molar-refractivity contribution in [2.45, 2.75) is 0 Å². The molecular formula is C15H14N2O2. The molecule has 4 heteroatoms. The van der Waals surface area contributed by atoms with Gasteiger partial charge in [0.2, 0.25) is 0 Å². The minimum Gasteiger partial charge on any atom is -0.382 e. The Kier molecular flexibility index (Phi) is 3.93. The molecule has 19 heavy (non-hydrogen) atoms. The summed E-state index contributed by atoms with van der Waals surface area (Å²) in [6, 6.07) is 18.2. The van der Waals surface area contributed by atoms with Crippen LogP contribution in [0.3, 0.4) is 0 Å². The number of nitrogens with one attached hydrogen (secondary N) is 1. The fourth-order valence-corrected chi connectivity index (χ4v) is 1.94. The molecule has 1 N–H and O–H groups in total. The SMILES string of the molecule is CN/C(=C(\c1ccccc1)[N+](=O)[O-])c1ccccc1. The van der Waals surface area contributed by atoms with E-state index in [4.69, 9.17) is 0 Å². The van der Waals surface area contributed by atoms with Gasteiger partial charge in [0.05, 0.1) is 10.5 Å². The second kappa shape index (κ2) is 5.82. The molecule has 0 heterocycles. The van der Waals surface area contributed by atoms with Gasteiger partial charge in [-0.1, -0.05) is 48.5 Å². The van der Waals surface area contributed by atoms with Crippen LogP contribution < -0.4 is 5.32 Å². The first-order valence-electron chi connectivity index (χ1n) is 5.91. The van der Waals surface area contributed by atoms with E-state index in [1.54, 1.807) is 31.3 Å². The third-order valence-electron chi connectivity index (χ3n) is 2.78. The highest BCUT2D eigenvalue weighted by molar-refractivity contribution is 5.85. The largest absolute Gasteiger partial charge is 0.382 e. The summed E-state index contributed by atoms with van der Waals surface area (Å²) >= 11 is 0. The zero-order chi connectivity index (χ0) is 13.7. The normalized spacial score (nSPS) is 11.6. The standard InChI is InChI=1S/C15H14N2O2/c1-16-14(12-8-4-2-5-9-12)15(17(18)19)13-10-6-3-7-11-13/h2-11,16H,1H3/b15-14+. The number of hydrogen-bond donors (Lipinski definition) is 1. The number of hydrogen-bond acceptors (Lipinski definition) is 3. The molecule has 4 nitrogen and oxygen atoms in total. The second-order valence-electron chi connectivity index (χ2n) is 3.96. The molecule has 0 atom stereocenters. The van der Waals surface area contributed by atoms with Crippen LogP contribution in [0.1, 0.15) is 11.1 Å². The minimum absolute atomic E-state index is 0.0781. The molecule has 0 aliphatic heterocycles. The van der Waals surface area contributed by atoms with Gasteiger partial charge in [-0.05, 0) is 12.1 Å². The molecule has 0 unspecified atom stereocenters. The van der Waals surface area contributed by atoms with E-state index >= 15 is 0 Å². The number of nitro groups is 1. The van der Waals surface area contributed by atoms with E-state index in [-0.39, 0.29) is 10.6 Å². The van der Waals surface area contributed by atoms with Crippen molar-refractivity contribution >= 4 is 11.4 Å². The minimum atomic E-state index is -0.353. The molecule has 0 aliphatic rings. The monoisotopic (exact) mass is 254 g/mol. The van der Waals surface area contributed by atoms with Gasteiger partial charge in [0.15, 0.2) is 0 Å². The Hall–Kier alpha value is -2.62. The Morgan fingerprint density at radius 3 is 1.84 bits per heavy atom. The maximum atomic E-state index is 11.4. The average Bonchev–Trinajstić information content (AvgIpc) is 2.46. The first-order chi connectivity index (χ1) is 9.24. The van der Waals surface area contributed by atoms with Crippen LogP contribution in [-0.2, 0) is 0 Å². The predicted molar refractivity (Wildman–Crippen MR) is 75.8 cm³/mol. The quantitative estimate of drug-likeness (QED) is 0.518. The molecule has 0 aliphatic carbocycles. The number of benzene rings is 2. The van der Waals surface area contributed by atoms with Crippen LogP contribution >= 0.6 is 0 Å². The van der Waals surface area contributed by atoms with Gasteiger partial charge >= 0.3 is 0 Å². The van der Waals surface area contributed by atoms with Crippen molar-refractivity contribution < 1.29 is 4.92 Å². The van der Waals surface area contributed by atoms with E-state index in [1.165, 1.54) is 0 Å². The molecule has 0 radical (unpaired) electrons. The van der Waals surface area contributed by atoms with Gasteiger partial charge in [0.1, 0.15) is 5.70 Å². The van der Waals surface area contributed by atoms with Crippen LogP contribution in [0.15, 0.2) is 60.7 Å². The van der Waals surface area contributed by atoms with Crippen molar-refractivity contribution in [2.24, 2.45) is 0 Å². The zero-order valence-electron chi connectivity index (χ0n) is 10.5. The van der Waals surface area contributed by atoms with E-state index in [2.05, 4.69) is 5.32 Å². The summed E-state index contributed by atoms with van der Waals surface area (Å²) in [6.45, 7) is 0. The summed E-state index contributed by atoms with van der Waals surface area (Å²) in [4.78, 5) is 11.0. The second-order valence-corrected chi connectivity index (χ2v) is 3.96. The molecule has 0 amide bonds. The van der Waals surface area contributed by atoms with Gasteiger partial charge in [0, 0.05) is 12.6 Å². The lowest BCUT2D eigenvalue weighted by molar-refractivity contribution is -0.374. The predicted octanol–water partition coefficient (Wildman–Crippen LogP) is 3.01. The van der Waals surface area contributed by atoms with Gasteiger partial charge in [0.25, 0.3) is 5.70 Å². The van der Waals surface area contributed by atoms with Gasteiger partial charge in [-0.25, -0.2) is 0 Å². The molecular weight excluding hydrogens is 240 g/mol.